The quantitative estimate of drug-likeness (QED) is 0.652. The number of imide groups is 1. The van der Waals surface area contributed by atoms with Crippen LogP contribution in [0.3, 0.4) is 0 Å². The van der Waals surface area contributed by atoms with Crippen LogP contribution in [0, 0.1) is 0 Å². The fourth-order valence-corrected chi connectivity index (χ4v) is 4.05. The highest BCUT2D eigenvalue weighted by Gasteiger charge is 2.48. The maximum absolute atomic E-state index is 12.8. The minimum absolute atomic E-state index is 0.148. The number of carbonyl (C=O) groups excluding carboxylic acids is 3. The van der Waals surface area contributed by atoms with Crippen molar-refractivity contribution in [1.82, 2.24) is 15.8 Å². The Labute approximate surface area is 175 Å². The van der Waals surface area contributed by atoms with E-state index < -0.39 is 33.2 Å². The van der Waals surface area contributed by atoms with Crippen LogP contribution in [0.2, 0.25) is 0 Å². The number of sulfone groups is 1. The first-order valence-corrected chi connectivity index (χ1v) is 11.4. The largest absolute Gasteiger partial charge is 0.344 e. The van der Waals surface area contributed by atoms with Crippen molar-refractivity contribution < 1.29 is 22.8 Å². The van der Waals surface area contributed by atoms with Gasteiger partial charge in [0.25, 0.3) is 11.8 Å². The van der Waals surface area contributed by atoms with Gasteiger partial charge in [0.1, 0.15) is 5.54 Å². The van der Waals surface area contributed by atoms with E-state index in [2.05, 4.69) is 10.7 Å². The second-order valence-corrected chi connectivity index (χ2v) is 9.74. The first-order valence-electron chi connectivity index (χ1n) is 9.36. The number of carbonyl (C=O) groups is 3. The topological polar surface area (TPSA) is 113 Å². The zero-order valence-corrected chi connectivity index (χ0v) is 17.5. The molecule has 2 N–H and O–H groups in total. The molecular weight excluding hydrogens is 406 g/mol. The predicted octanol–water partition coefficient (Wildman–Crippen LogP) is 1.82. The van der Waals surface area contributed by atoms with Crippen molar-refractivity contribution in [2.45, 2.75) is 31.1 Å². The van der Waals surface area contributed by atoms with Gasteiger partial charge in [-0.1, -0.05) is 42.5 Å². The molecule has 2 aromatic carbocycles. The molecule has 8 nitrogen and oxygen atoms in total. The summed E-state index contributed by atoms with van der Waals surface area (Å²) in [4.78, 5) is 37.7. The van der Waals surface area contributed by atoms with E-state index in [1.54, 1.807) is 19.1 Å². The summed E-state index contributed by atoms with van der Waals surface area (Å²) in [5.74, 6) is -1.44. The second-order valence-electron chi connectivity index (χ2n) is 7.60. The summed E-state index contributed by atoms with van der Waals surface area (Å²) in [6.07, 6.45) is 2.06. The maximum atomic E-state index is 12.8. The van der Waals surface area contributed by atoms with E-state index in [1.165, 1.54) is 12.1 Å². The smallest absolute Gasteiger partial charge is 0.322 e. The van der Waals surface area contributed by atoms with Gasteiger partial charge in [0.05, 0.1) is 5.75 Å². The van der Waals surface area contributed by atoms with Gasteiger partial charge in [-0.2, -0.15) is 5.01 Å². The SMILES string of the molecule is CC1(CCc2ccccc2)NC(=O)N(NC(=O)c2cccc(CS(C)(=O)=O)c2)C1=O. The Morgan fingerprint density at radius 1 is 1.07 bits per heavy atom. The number of hydrogen-bond donors (Lipinski definition) is 2. The Hall–Kier alpha value is -3.20. The lowest BCUT2D eigenvalue weighted by atomic mass is 9.93. The van der Waals surface area contributed by atoms with E-state index in [4.69, 9.17) is 0 Å². The molecule has 30 heavy (non-hydrogen) atoms. The highest BCUT2D eigenvalue weighted by Crippen LogP contribution is 2.22. The number of amides is 4. The van der Waals surface area contributed by atoms with Crippen LogP contribution < -0.4 is 10.7 Å². The number of nitrogens with zero attached hydrogens (tertiary/aromatic N) is 1. The van der Waals surface area contributed by atoms with Gasteiger partial charge in [-0.25, -0.2) is 13.2 Å². The molecule has 1 fully saturated rings. The molecule has 1 aliphatic heterocycles. The predicted molar refractivity (Wildman–Crippen MR) is 111 cm³/mol. The Balaban J connectivity index is 1.69. The van der Waals surface area contributed by atoms with E-state index >= 15 is 0 Å². The molecule has 0 spiro atoms. The summed E-state index contributed by atoms with van der Waals surface area (Å²) in [5, 5.41) is 3.32. The van der Waals surface area contributed by atoms with Crippen molar-refractivity contribution in [3.05, 3.63) is 71.3 Å². The maximum Gasteiger partial charge on any atom is 0.344 e. The van der Waals surface area contributed by atoms with Crippen LogP contribution in [-0.4, -0.2) is 43.1 Å². The van der Waals surface area contributed by atoms with Gasteiger partial charge >= 0.3 is 6.03 Å². The Bertz CT molecular complexity index is 1080. The summed E-state index contributed by atoms with van der Waals surface area (Å²) >= 11 is 0. The van der Waals surface area contributed by atoms with Gasteiger partial charge in [-0.3, -0.25) is 15.0 Å². The van der Waals surface area contributed by atoms with E-state index in [0.717, 1.165) is 11.8 Å². The Morgan fingerprint density at radius 3 is 2.40 bits per heavy atom. The van der Waals surface area contributed by atoms with E-state index in [-0.39, 0.29) is 11.3 Å². The molecule has 1 atom stereocenters. The molecule has 0 bridgehead atoms. The van der Waals surface area contributed by atoms with E-state index in [9.17, 15) is 22.8 Å². The zero-order valence-electron chi connectivity index (χ0n) is 16.7. The number of benzene rings is 2. The number of rotatable bonds is 7. The molecule has 4 amide bonds. The summed E-state index contributed by atoms with van der Waals surface area (Å²) in [6.45, 7) is 1.62. The van der Waals surface area contributed by atoms with Crippen LogP contribution in [-0.2, 0) is 26.8 Å². The molecule has 2 aromatic rings. The first kappa shape index (κ1) is 21.5. The summed E-state index contributed by atoms with van der Waals surface area (Å²) in [7, 11) is -3.26. The highest BCUT2D eigenvalue weighted by atomic mass is 32.2. The van der Waals surface area contributed by atoms with Crippen molar-refractivity contribution in [2.75, 3.05) is 6.26 Å². The third-order valence-electron chi connectivity index (χ3n) is 4.85. The Morgan fingerprint density at radius 2 is 1.73 bits per heavy atom. The normalized spacial score (nSPS) is 18.9. The molecule has 0 radical (unpaired) electrons. The molecule has 158 valence electrons. The Kier molecular flexibility index (Phi) is 5.93. The van der Waals surface area contributed by atoms with Crippen molar-refractivity contribution in [3.63, 3.8) is 0 Å². The van der Waals surface area contributed by atoms with Crippen LogP contribution in [0.25, 0.3) is 0 Å². The lowest BCUT2D eigenvalue weighted by Crippen LogP contribution is -2.49. The molecule has 3 rings (SSSR count). The van der Waals surface area contributed by atoms with Crippen molar-refractivity contribution >= 4 is 27.7 Å². The highest BCUT2D eigenvalue weighted by molar-refractivity contribution is 7.89. The zero-order chi connectivity index (χ0) is 21.9. The molecular formula is C21H23N3O5S. The van der Waals surface area contributed by atoms with Gasteiger partial charge in [0.2, 0.25) is 0 Å². The van der Waals surface area contributed by atoms with Crippen LogP contribution in [0.5, 0.6) is 0 Å². The number of nitrogens with one attached hydrogen (secondary N) is 2. The lowest BCUT2D eigenvalue weighted by Gasteiger charge is -2.21. The van der Waals surface area contributed by atoms with Crippen molar-refractivity contribution in [1.29, 1.82) is 0 Å². The molecule has 1 aliphatic rings. The molecule has 9 heteroatoms. The third-order valence-corrected chi connectivity index (χ3v) is 5.71. The molecule has 1 heterocycles. The number of urea groups is 1. The number of hydrogen-bond acceptors (Lipinski definition) is 5. The van der Waals surface area contributed by atoms with Gasteiger partial charge in [-0.15, -0.1) is 0 Å². The molecule has 0 saturated carbocycles. The fourth-order valence-electron chi connectivity index (χ4n) is 3.27. The monoisotopic (exact) mass is 429 g/mol. The minimum atomic E-state index is -3.26. The van der Waals surface area contributed by atoms with Gasteiger partial charge in [0, 0.05) is 11.8 Å². The number of aryl methyl sites for hydroxylation is 1. The lowest BCUT2D eigenvalue weighted by molar-refractivity contribution is -0.132. The molecule has 0 aromatic heterocycles. The second kappa shape index (κ2) is 8.27. The fraction of sp³-hybridized carbons (Fsp3) is 0.286. The summed E-state index contributed by atoms with van der Waals surface area (Å²) < 4.78 is 23.0. The average Bonchev–Trinajstić information content (AvgIpc) is 2.89. The minimum Gasteiger partial charge on any atom is -0.322 e. The van der Waals surface area contributed by atoms with Crippen LogP contribution in [0.15, 0.2) is 54.6 Å². The first-order chi connectivity index (χ1) is 14.1. The average molecular weight is 429 g/mol. The summed E-state index contributed by atoms with van der Waals surface area (Å²) in [5.41, 5.74) is 2.80. The van der Waals surface area contributed by atoms with E-state index in [1.807, 2.05) is 30.3 Å². The molecule has 1 saturated heterocycles. The van der Waals surface area contributed by atoms with Crippen LogP contribution in [0.1, 0.15) is 34.8 Å². The standard InChI is InChI=1S/C21H23N3O5S/c1-21(12-11-15-7-4-3-5-8-15)19(26)24(20(27)22-21)23-18(25)17-10-6-9-16(13-17)14-30(2,28)29/h3-10,13H,11-12,14H2,1-2H3,(H,22,27)(H,23,25). The van der Waals surface area contributed by atoms with Crippen LogP contribution >= 0.6 is 0 Å². The summed E-state index contributed by atoms with van der Waals surface area (Å²) in [6, 6.07) is 14.9. The van der Waals surface area contributed by atoms with Crippen molar-refractivity contribution in [2.24, 2.45) is 0 Å². The van der Waals surface area contributed by atoms with Gasteiger partial charge < -0.3 is 5.32 Å². The van der Waals surface area contributed by atoms with Gasteiger partial charge in [-0.05, 0) is 43.0 Å². The van der Waals surface area contributed by atoms with Gasteiger partial charge in [0.15, 0.2) is 9.84 Å². The van der Waals surface area contributed by atoms with Crippen LogP contribution in [0.4, 0.5) is 4.79 Å². The molecule has 1 unspecified atom stereocenters. The third kappa shape index (κ3) is 5.04. The van der Waals surface area contributed by atoms with Crippen molar-refractivity contribution in [3.8, 4) is 0 Å². The van der Waals surface area contributed by atoms with E-state index in [0.29, 0.717) is 23.4 Å². The number of hydrazine groups is 1. The molecule has 0 aliphatic carbocycles.